The largest absolute Gasteiger partial charge is 0.335 e. The van der Waals surface area contributed by atoms with Crippen LogP contribution in [-0.4, -0.2) is 38.4 Å². The molecule has 0 fully saturated rings. The molecule has 3 aromatic rings. The second-order valence-corrected chi connectivity index (χ2v) is 7.15. The summed E-state index contributed by atoms with van der Waals surface area (Å²) < 4.78 is 1.57. The van der Waals surface area contributed by atoms with Crippen LogP contribution in [0.3, 0.4) is 0 Å². The molecule has 0 N–H and O–H groups in total. The summed E-state index contributed by atoms with van der Waals surface area (Å²) in [5.74, 6) is -0.110. The summed E-state index contributed by atoms with van der Waals surface area (Å²) in [6.45, 7) is 3.94. The van der Waals surface area contributed by atoms with Crippen LogP contribution in [0.15, 0.2) is 35.8 Å². The van der Waals surface area contributed by atoms with E-state index in [0.717, 1.165) is 21.8 Å². The van der Waals surface area contributed by atoms with Crippen LogP contribution < -0.4 is 0 Å². The fourth-order valence-electron chi connectivity index (χ4n) is 2.83. The summed E-state index contributed by atoms with van der Waals surface area (Å²) in [4.78, 5) is 30.5. The molecule has 0 unspecified atom stereocenters. The van der Waals surface area contributed by atoms with Gasteiger partial charge in [-0.25, -0.2) is 4.98 Å². The van der Waals surface area contributed by atoms with Gasteiger partial charge >= 0.3 is 0 Å². The number of rotatable bonds is 5. The molecule has 0 spiro atoms. The van der Waals surface area contributed by atoms with E-state index in [1.165, 1.54) is 6.92 Å². The lowest BCUT2D eigenvalue weighted by Gasteiger charge is -2.16. The molecule has 26 heavy (non-hydrogen) atoms. The van der Waals surface area contributed by atoms with Gasteiger partial charge in [0, 0.05) is 43.2 Å². The Morgan fingerprint density at radius 2 is 1.92 bits per heavy atom. The summed E-state index contributed by atoms with van der Waals surface area (Å²) in [6.07, 6.45) is 1.67. The maximum Gasteiger partial charge on any atom is 0.253 e. The van der Waals surface area contributed by atoms with Gasteiger partial charge in [0.2, 0.25) is 0 Å². The Morgan fingerprint density at radius 1 is 1.23 bits per heavy atom. The van der Waals surface area contributed by atoms with E-state index in [4.69, 9.17) is 0 Å². The third-order valence-electron chi connectivity index (χ3n) is 4.10. The highest BCUT2D eigenvalue weighted by Gasteiger charge is 2.17. The topological polar surface area (TPSA) is 68.1 Å². The zero-order valence-electron chi connectivity index (χ0n) is 15.2. The van der Waals surface area contributed by atoms with Gasteiger partial charge in [-0.1, -0.05) is 12.1 Å². The average molecular weight is 368 g/mol. The van der Waals surface area contributed by atoms with Gasteiger partial charge in [-0.05, 0) is 24.6 Å². The van der Waals surface area contributed by atoms with Gasteiger partial charge in [0.05, 0.1) is 12.7 Å². The molecule has 6 nitrogen and oxygen atoms in total. The molecule has 1 amide bonds. The highest BCUT2D eigenvalue weighted by Crippen LogP contribution is 2.24. The first-order valence-electron chi connectivity index (χ1n) is 8.16. The average Bonchev–Trinajstić information content (AvgIpc) is 3.19. The number of benzene rings is 1. The Kier molecular flexibility index (Phi) is 4.99. The normalized spacial score (nSPS) is 10.8. The van der Waals surface area contributed by atoms with E-state index in [-0.39, 0.29) is 11.7 Å². The summed E-state index contributed by atoms with van der Waals surface area (Å²) >= 11 is 1.55. The zero-order chi connectivity index (χ0) is 18.8. The van der Waals surface area contributed by atoms with Crippen molar-refractivity contribution in [2.24, 2.45) is 7.05 Å². The highest BCUT2D eigenvalue weighted by atomic mass is 32.1. The number of carbonyl (C=O) groups is 2. The van der Waals surface area contributed by atoms with E-state index < -0.39 is 0 Å². The van der Waals surface area contributed by atoms with Crippen LogP contribution in [0, 0.1) is 6.92 Å². The molecule has 7 heteroatoms. The molecule has 0 bridgehead atoms. The number of carbonyl (C=O) groups excluding carboxylic acids is 2. The van der Waals surface area contributed by atoms with Gasteiger partial charge in [0.1, 0.15) is 10.7 Å². The predicted molar refractivity (Wildman–Crippen MR) is 101 cm³/mol. The minimum Gasteiger partial charge on any atom is -0.335 e. The molecular formula is C19H20N4O2S. The van der Waals surface area contributed by atoms with E-state index in [9.17, 15) is 9.59 Å². The molecule has 0 aliphatic rings. The van der Waals surface area contributed by atoms with Gasteiger partial charge in [-0.3, -0.25) is 14.3 Å². The number of nitrogens with zero attached hydrogens (tertiary/aromatic N) is 4. The first-order chi connectivity index (χ1) is 12.4. The molecule has 2 heterocycles. The smallest absolute Gasteiger partial charge is 0.253 e. The van der Waals surface area contributed by atoms with Crippen molar-refractivity contribution in [3.63, 3.8) is 0 Å². The summed E-state index contributed by atoms with van der Waals surface area (Å²) in [6, 6.07) is 7.24. The third kappa shape index (κ3) is 3.57. The standard InChI is InChI=1S/C19H20N4O2S/c1-12-11-26-17(21-12)10-22(3)19(25)15-7-5-14(6-8-15)16-9-20-23(4)18(16)13(2)24/h5-9,11H,10H2,1-4H3. The number of Topliss-reactive ketones (excluding diaryl/α,β-unsaturated/α-hetero) is 1. The molecule has 3 rings (SSSR count). The number of thiazole rings is 1. The number of aryl methyl sites for hydroxylation is 2. The van der Waals surface area contributed by atoms with Crippen LogP contribution in [-0.2, 0) is 13.6 Å². The predicted octanol–water partition coefficient (Wildman–Crippen LogP) is 3.33. The van der Waals surface area contributed by atoms with E-state index >= 15 is 0 Å². The van der Waals surface area contributed by atoms with Gasteiger partial charge in [0.15, 0.2) is 5.78 Å². The van der Waals surface area contributed by atoms with Gasteiger partial charge in [0.25, 0.3) is 5.91 Å². The molecular weight excluding hydrogens is 348 g/mol. The highest BCUT2D eigenvalue weighted by molar-refractivity contribution is 7.09. The molecule has 0 saturated heterocycles. The number of amides is 1. The second-order valence-electron chi connectivity index (χ2n) is 6.21. The molecule has 0 saturated carbocycles. The Morgan fingerprint density at radius 3 is 2.50 bits per heavy atom. The van der Waals surface area contributed by atoms with Crippen LogP contribution in [0.2, 0.25) is 0 Å². The zero-order valence-corrected chi connectivity index (χ0v) is 16.0. The van der Waals surface area contributed by atoms with Crippen molar-refractivity contribution in [2.75, 3.05) is 7.05 Å². The Balaban J connectivity index is 1.79. The van der Waals surface area contributed by atoms with Crippen molar-refractivity contribution in [2.45, 2.75) is 20.4 Å². The molecule has 1 aromatic carbocycles. The fraction of sp³-hybridized carbons (Fsp3) is 0.263. The lowest BCUT2D eigenvalue weighted by Crippen LogP contribution is -2.26. The van der Waals surface area contributed by atoms with Crippen molar-refractivity contribution >= 4 is 23.0 Å². The summed E-state index contributed by atoms with van der Waals surface area (Å²) in [5.41, 5.74) is 3.75. The number of hydrogen-bond acceptors (Lipinski definition) is 5. The van der Waals surface area contributed by atoms with Crippen molar-refractivity contribution in [3.8, 4) is 11.1 Å². The van der Waals surface area contributed by atoms with Crippen molar-refractivity contribution in [3.05, 3.63) is 57.8 Å². The number of hydrogen-bond donors (Lipinski definition) is 0. The van der Waals surface area contributed by atoms with Crippen LogP contribution >= 0.6 is 11.3 Å². The van der Waals surface area contributed by atoms with Gasteiger partial charge < -0.3 is 4.90 Å². The first kappa shape index (κ1) is 18.0. The number of aromatic nitrogens is 3. The second kappa shape index (κ2) is 7.21. The van der Waals surface area contributed by atoms with Crippen molar-refractivity contribution in [1.29, 1.82) is 0 Å². The Labute approximate surface area is 156 Å². The van der Waals surface area contributed by atoms with E-state index in [1.807, 2.05) is 24.4 Å². The molecule has 2 aromatic heterocycles. The fourth-order valence-corrected chi connectivity index (χ4v) is 3.65. The third-order valence-corrected chi connectivity index (χ3v) is 5.05. The lowest BCUT2D eigenvalue weighted by molar-refractivity contribution is 0.0784. The quantitative estimate of drug-likeness (QED) is 0.648. The lowest BCUT2D eigenvalue weighted by atomic mass is 10.0. The van der Waals surface area contributed by atoms with E-state index in [2.05, 4.69) is 10.1 Å². The monoisotopic (exact) mass is 368 g/mol. The number of ketones is 1. The van der Waals surface area contributed by atoms with Gasteiger partial charge in [-0.15, -0.1) is 11.3 Å². The van der Waals surface area contributed by atoms with Gasteiger partial charge in [-0.2, -0.15) is 5.10 Å². The van der Waals surface area contributed by atoms with Crippen molar-refractivity contribution in [1.82, 2.24) is 19.7 Å². The molecule has 0 radical (unpaired) electrons. The van der Waals surface area contributed by atoms with E-state index in [0.29, 0.717) is 17.8 Å². The van der Waals surface area contributed by atoms with Crippen LogP contribution in [0.1, 0.15) is 38.5 Å². The maximum absolute atomic E-state index is 12.6. The molecule has 0 atom stereocenters. The molecule has 0 aliphatic carbocycles. The summed E-state index contributed by atoms with van der Waals surface area (Å²) in [5, 5.41) is 7.05. The van der Waals surface area contributed by atoms with Crippen molar-refractivity contribution < 1.29 is 9.59 Å². The van der Waals surface area contributed by atoms with E-state index in [1.54, 1.807) is 53.3 Å². The SMILES string of the molecule is CC(=O)c1c(-c2ccc(C(=O)N(C)Cc3nc(C)cs3)cc2)cnn1C. The van der Waals surface area contributed by atoms with Crippen LogP contribution in [0.4, 0.5) is 0 Å². The molecule has 134 valence electrons. The van der Waals surface area contributed by atoms with Crippen LogP contribution in [0.25, 0.3) is 11.1 Å². The maximum atomic E-state index is 12.6. The van der Waals surface area contributed by atoms with Crippen LogP contribution in [0.5, 0.6) is 0 Å². The first-order valence-corrected chi connectivity index (χ1v) is 9.04. The minimum atomic E-state index is -0.0672. The summed E-state index contributed by atoms with van der Waals surface area (Å²) in [7, 11) is 3.51. The minimum absolute atomic E-state index is 0.0429. The Hall–Kier alpha value is -2.80. The Bertz CT molecular complexity index is 956. The molecule has 0 aliphatic heterocycles.